The van der Waals surface area contributed by atoms with Crippen LogP contribution in [0.3, 0.4) is 0 Å². The van der Waals surface area contributed by atoms with Gasteiger partial charge in [0.15, 0.2) is 0 Å². The first-order valence-corrected chi connectivity index (χ1v) is 4.80. The number of carbonyl (C=O) groups excluding carboxylic acids is 1. The number of benzene rings is 1. The topological polar surface area (TPSA) is 78.8 Å². The van der Waals surface area contributed by atoms with Gasteiger partial charge in [-0.05, 0) is 32.9 Å². The van der Waals surface area contributed by atoms with Gasteiger partial charge in [0, 0.05) is 6.07 Å². The Bertz CT molecular complexity index is 395. The zero-order chi connectivity index (χ0) is 12.3. The number of amides is 1. The molecule has 0 saturated carbocycles. The Hall–Kier alpha value is -1.75. The molecule has 0 spiro atoms. The minimum atomic E-state index is -0.563. The lowest BCUT2D eigenvalue weighted by atomic mass is 10.2. The molecule has 16 heavy (non-hydrogen) atoms. The number of hydrogen-bond acceptors (Lipinski definition) is 4. The molecule has 0 unspecified atom stereocenters. The lowest BCUT2D eigenvalue weighted by Crippen LogP contribution is -2.33. The van der Waals surface area contributed by atoms with E-state index in [1.807, 2.05) is 0 Å². The van der Waals surface area contributed by atoms with Gasteiger partial charge in [-0.25, -0.2) is 5.48 Å². The summed E-state index contributed by atoms with van der Waals surface area (Å²) in [5.41, 5.74) is 1.75. The highest BCUT2D eigenvalue weighted by atomic mass is 16.7. The monoisotopic (exact) mass is 225 g/mol. The summed E-state index contributed by atoms with van der Waals surface area (Å²) in [5.74, 6) is -0.965. The number of hydrogen-bond donors (Lipinski definition) is 3. The van der Waals surface area contributed by atoms with Gasteiger partial charge in [-0.1, -0.05) is 0 Å². The molecule has 0 aliphatic carbocycles. The van der Waals surface area contributed by atoms with Gasteiger partial charge in [-0.15, -0.1) is 0 Å². The van der Waals surface area contributed by atoms with Crippen LogP contribution in [0.15, 0.2) is 18.2 Å². The van der Waals surface area contributed by atoms with E-state index in [1.165, 1.54) is 12.1 Å². The molecule has 1 rings (SSSR count). The maximum Gasteiger partial charge on any atom is 0.278 e. The first-order valence-electron chi connectivity index (χ1n) is 4.80. The van der Waals surface area contributed by atoms with Crippen LogP contribution in [-0.4, -0.2) is 21.7 Å². The Kier molecular flexibility index (Phi) is 3.39. The van der Waals surface area contributed by atoms with Crippen LogP contribution in [0.4, 0.5) is 0 Å². The Morgan fingerprint density at radius 1 is 1.31 bits per heavy atom. The van der Waals surface area contributed by atoms with Gasteiger partial charge >= 0.3 is 0 Å². The first-order chi connectivity index (χ1) is 7.29. The van der Waals surface area contributed by atoms with E-state index in [-0.39, 0.29) is 17.1 Å². The summed E-state index contributed by atoms with van der Waals surface area (Å²) >= 11 is 0. The van der Waals surface area contributed by atoms with Crippen LogP contribution in [0.25, 0.3) is 0 Å². The summed E-state index contributed by atoms with van der Waals surface area (Å²) in [7, 11) is 0. The molecule has 5 nitrogen and oxygen atoms in total. The lowest BCUT2D eigenvalue weighted by Gasteiger charge is -2.19. The maximum absolute atomic E-state index is 11.5. The number of phenolic OH excluding ortho intramolecular Hbond substituents is 2. The number of phenols is 2. The van der Waals surface area contributed by atoms with Crippen molar-refractivity contribution >= 4 is 5.91 Å². The van der Waals surface area contributed by atoms with Crippen molar-refractivity contribution in [2.24, 2.45) is 0 Å². The van der Waals surface area contributed by atoms with Crippen LogP contribution in [0.5, 0.6) is 11.5 Å². The zero-order valence-electron chi connectivity index (χ0n) is 9.44. The van der Waals surface area contributed by atoms with E-state index in [9.17, 15) is 9.90 Å². The van der Waals surface area contributed by atoms with Gasteiger partial charge in [0.2, 0.25) is 0 Å². The Morgan fingerprint density at radius 3 is 2.44 bits per heavy atom. The van der Waals surface area contributed by atoms with Gasteiger partial charge in [-0.2, -0.15) is 0 Å². The van der Waals surface area contributed by atoms with Crippen molar-refractivity contribution in [2.45, 2.75) is 26.4 Å². The SMILES string of the molecule is CC(C)(C)ONC(=O)c1ccc(O)cc1O. The molecule has 0 aliphatic heterocycles. The van der Waals surface area contributed by atoms with E-state index in [4.69, 9.17) is 9.94 Å². The molecule has 88 valence electrons. The average molecular weight is 225 g/mol. The number of rotatable bonds is 2. The summed E-state index contributed by atoms with van der Waals surface area (Å²) < 4.78 is 0. The van der Waals surface area contributed by atoms with Crippen LogP contribution >= 0.6 is 0 Å². The van der Waals surface area contributed by atoms with Crippen LogP contribution in [0.1, 0.15) is 31.1 Å². The van der Waals surface area contributed by atoms with E-state index >= 15 is 0 Å². The van der Waals surface area contributed by atoms with Crippen molar-refractivity contribution in [3.8, 4) is 11.5 Å². The van der Waals surface area contributed by atoms with Crippen molar-refractivity contribution in [3.63, 3.8) is 0 Å². The number of carbonyl (C=O) groups is 1. The van der Waals surface area contributed by atoms with E-state index in [0.717, 1.165) is 6.07 Å². The molecule has 0 heterocycles. The maximum atomic E-state index is 11.5. The fraction of sp³-hybridized carbons (Fsp3) is 0.364. The summed E-state index contributed by atoms with van der Waals surface area (Å²) in [5, 5.41) is 18.5. The molecule has 0 fully saturated rings. The molecule has 0 radical (unpaired) electrons. The van der Waals surface area contributed by atoms with Gasteiger partial charge in [0.25, 0.3) is 5.91 Å². The molecular weight excluding hydrogens is 210 g/mol. The molecule has 5 heteroatoms. The third kappa shape index (κ3) is 3.43. The normalized spacial score (nSPS) is 11.2. The second-order valence-electron chi connectivity index (χ2n) is 4.35. The minimum absolute atomic E-state index is 0.0436. The van der Waals surface area contributed by atoms with Crippen LogP contribution in [-0.2, 0) is 4.84 Å². The third-order valence-electron chi connectivity index (χ3n) is 1.68. The highest BCUT2D eigenvalue weighted by Crippen LogP contribution is 2.22. The highest BCUT2D eigenvalue weighted by molar-refractivity contribution is 5.96. The predicted octanol–water partition coefficient (Wildman–Crippen LogP) is 1.56. The lowest BCUT2D eigenvalue weighted by molar-refractivity contribution is -0.0590. The molecule has 3 N–H and O–H groups in total. The average Bonchev–Trinajstić information content (AvgIpc) is 2.13. The van der Waals surface area contributed by atoms with Crippen molar-refractivity contribution in [2.75, 3.05) is 0 Å². The minimum Gasteiger partial charge on any atom is -0.508 e. The Balaban J connectivity index is 2.74. The fourth-order valence-electron chi connectivity index (χ4n) is 0.966. The van der Waals surface area contributed by atoms with E-state index < -0.39 is 11.5 Å². The molecule has 0 aromatic heterocycles. The summed E-state index contributed by atoms with van der Waals surface area (Å²) in [6, 6.07) is 3.71. The quantitative estimate of drug-likeness (QED) is 0.667. The highest BCUT2D eigenvalue weighted by Gasteiger charge is 2.16. The molecule has 0 saturated heterocycles. The number of aromatic hydroxyl groups is 2. The molecule has 0 atom stereocenters. The second kappa shape index (κ2) is 4.40. The summed E-state index contributed by atoms with van der Waals surface area (Å²) in [6.45, 7) is 5.35. The van der Waals surface area contributed by atoms with Crippen molar-refractivity contribution in [1.82, 2.24) is 5.48 Å². The van der Waals surface area contributed by atoms with Gasteiger partial charge < -0.3 is 10.2 Å². The molecule has 0 aliphatic rings. The van der Waals surface area contributed by atoms with Crippen molar-refractivity contribution < 1.29 is 19.8 Å². The number of hydroxylamine groups is 1. The van der Waals surface area contributed by atoms with E-state index in [1.54, 1.807) is 20.8 Å². The van der Waals surface area contributed by atoms with E-state index in [0.29, 0.717) is 0 Å². The third-order valence-corrected chi connectivity index (χ3v) is 1.68. The zero-order valence-corrected chi connectivity index (χ0v) is 9.44. The van der Waals surface area contributed by atoms with Crippen LogP contribution in [0, 0.1) is 0 Å². The summed E-state index contributed by atoms with van der Waals surface area (Å²) in [4.78, 5) is 16.6. The molecule has 1 aromatic rings. The Labute approximate surface area is 93.6 Å². The molecule has 0 bridgehead atoms. The van der Waals surface area contributed by atoms with Crippen molar-refractivity contribution in [1.29, 1.82) is 0 Å². The molecule has 1 aromatic carbocycles. The second-order valence-corrected chi connectivity index (χ2v) is 4.35. The van der Waals surface area contributed by atoms with Gasteiger partial charge in [0.1, 0.15) is 11.5 Å². The largest absolute Gasteiger partial charge is 0.508 e. The number of nitrogens with one attached hydrogen (secondary N) is 1. The fourth-order valence-corrected chi connectivity index (χ4v) is 0.966. The Morgan fingerprint density at radius 2 is 1.94 bits per heavy atom. The standard InChI is InChI=1S/C11H15NO4/c1-11(2,3)16-12-10(15)8-5-4-7(13)6-9(8)14/h4-6,13-14H,1-3H3,(H,12,15). The predicted molar refractivity (Wildman–Crippen MR) is 58.1 cm³/mol. The van der Waals surface area contributed by atoms with E-state index in [2.05, 4.69) is 5.48 Å². The van der Waals surface area contributed by atoms with Crippen LogP contribution < -0.4 is 5.48 Å². The van der Waals surface area contributed by atoms with Crippen LogP contribution in [0.2, 0.25) is 0 Å². The van der Waals surface area contributed by atoms with Gasteiger partial charge in [-0.3, -0.25) is 9.63 Å². The van der Waals surface area contributed by atoms with Crippen molar-refractivity contribution in [3.05, 3.63) is 23.8 Å². The summed E-state index contributed by atoms with van der Waals surface area (Å²) in [6.07, 6.45) is 0. The molecular formula is C11H15NO4. The smallest absolute Gasteiger partial charge is 0.278 e. The molecule has 1 amide bonds. The van der Waals surface area contributed by atoms with Gasteiger partial charge in [0.05, 0.1) is 11.2 Å². The first kappa shape index (κ1) is 12.3.